The lowest BCUT2D eigenvalue weighted by Crippen LogP contribution is -2.53. The fourth-order valence-electron chi connectivity index (χ4n) is 0.297. The Hall–Kier alpha value is -0.270. The van der Waals surface area contributed by atoms with Crippen molar-refractivity contribution in [3.63, 3.8) is 0 Å². The maximum absolute atomic E-state index is 11.8. The Balaban J connectivity index is 5.04. The van der Waals surface area contributed by atoms with E-state index in [-0.39, 0.29) is 0 Å². The highest BCUT2D eigenvalue weighted by molar-refractivity contribution is 6.26. The fraction of sp³-hybridized carbons (Fsp3) is 0.750. The molecule has 0 amide bonds. The molecule has 0 aliphatic rings. The molecule has 0 rings (SSSR count). The third-order valence-corrected chi connectivity index (χ3v) is 1.23. The predicted octanol–water partition coefficient (Wildman–Crippen LogP) is 3.52. The van der Waals surface area contributed by atoms with E-state index < -0.39 is 23.7 Å². The molecular formula is C4ClF8. The quantitative estimate of drug-likeness (QED) is 0.643. The van der Waals surface area contributed by atoms with Gasteiger partial charge in [-0.25, -0.2) is 4.39 Å². The van der Waals surface area contributed by atoms with Crippen LogP contribution in [0.2, 0.25) is 0 Å². The highest BCUT2D eigenvalue weighted by Gasteiger charge is 2.76. The van der Waals surface area contributed by atoms with E-state index in [0.29, 0.717) is 0 Å². The third-order valence-electron chi connectivity index (χ3n) is 0.988. The molecule has 1 radical (unpaired) electrons. The molecule has 0 aromatic rings. The minimum atomic E-state index is -6.57. The summed E-state index contributed by atoms with van der Waals surface area (Å²) < 4.78 is 92.2. The second kappa shape index (κ2) is 3.14. The Morgan fingerprint density at radius 1 is 0.846 bits per heavy atom. The molecule has 0 unspecified atom stereocenters. The molecule has 0 bridgehead atoms. The summed E-state index contributed by atoms with van der Waals surface area (Å²) in [5, 5.41) is 0. The zero-order valence-electron chi connectivity index (χ0n) is 5.40. The van der Waals surface area contributed by atoms with Gasteiger partial charge in [0.05, 0.1) is 0 Å². The average molecular weight is 235 g/mol. The van der Waals surface area contributed by atoms with Gasteiger partial charge in [0.2, 0.25) is 0 Å². The lowest BCUT2D eigenvalue weighted by molar-refractivity contribution is -0.351. The number of hydrogen-bond acceptors (Lipinski definition) is 0. The first-order chi connectivity index (χ1) is 5.44. The molecule has 0 aromatic heterocycles. The van der Waals surface area contributed by atoms with Crippen molar-refractivity contribution >= 4 is 11.6 Å². The van der Waals surface area contributed by atoms with E-state index in [1.165, 1.54) is 0 Å². The Kier molecular flexibility index (Phi) is 3.08. The van der Waals surface area contributed by atoms with Gasteiger partial charge in [-0.3, -0.25) is 0 Å². The normalized spacial score (nSPS) is 15.2. The Morgan fingerprint density at radius 2 is 1.15 bits per heavy atom. The van der Waals surface area contributed by atoms with E-state index in [9.17, 15) is 35.1 Å². The lowest BCUT2D eigenvalue weighted by Gasteiger charge is -2.27. The predicted molar refractivity (Wildman–Crippen MR) is 26.2 cm³/mol. The van der Waals surface area contributed by atoms with Crippen LogP contribution >= 0.6 is 11.6 Å². The molecule has 0 heterocycles. The molecule has 79 valence electrons. The van der Waals surface area contributed by atoms with Crippen LogP contribution in [-0.4, -0.2) is 18.0 Å². The van der Waals surface area contributed by atoms with Crippen molar-refractivity contribution in [2.24, 2.45) is 0 Å². The van der Waals surface area contributed by atoms with Gasteiger partial charge in [-0.2, -0.15) is 30.7 Å². The van der Waals surface area contributed by atoms with Crippen LogP contribution in [0.5, 0.6) is 0 Å². The van der Waals surface area contributed by atoms with E-state index in [2.05, 4.69) is 11.6 Å². The van der Waals surface area contributed by atoms with E-state index in [1.54, 1.807) is 0 Å². The van der Waals surface area contributed by atoms with Crippen LogP contribution in [0.3, 0.4) is 0 Å². The smallest absolute Gasteiger partial charge is 0.214 e. The van der Waals surface area contributed by atoms with E-state index in [1.807, 2.05) is 0 Å². The Morgan fingerprint density at radius 3 is 1.23 bits per heavy atom. The van der Waals surface area contributed by atoms with Crippen molar-refractivity contribution < 1.29 is 35.1 Å². The lowest BCUT2D eigenvalue weighted by atomic mass is 10.2. The molecule has 0 fully saturated rings. The van der Waals surface area contributed by atoms with Gasteiger partial charge < -0.3 is 0 Å². The van der Waals surface area contributed by atoms with Crippen LogP contribution < -0.4 is 0 Å². The van der Waals surface area contributed by atoms with Crippen LogP contribution in [0.15, 0.2) is 0 Å². The largest absolute Gasteiger partial charge is 0.460 e. The average Bonchev–Trinajstić information content (AvgIpc) is 1.84. The van der Waals surface area contributed by atoms with Crippen molar-refractivity contribution in [1.29, 1.82) is 0 Å². The minimum absolute atomic E-state index is 3.31. The molecule has 0 aliphatic carbocycles. The van der Waals surface area contributed by atoms with Gasteiger partial charge in [0.1, 0.15) is 0 Å². The summed E-state index contributed by atoms with van der Waals surface area (Å²) in [6.45, 7) is 0. The fourth-order valence-corrected chi connectivity index (χ4v) is 0.415. The van der Waals surface area contributed by atoms with Crippen molar-refractivity contribution in [3.8, 4) is 0 Å². The van der Waals surface area contributed by atoms with E-state index >= 15 is 0 Å². The molecule has 0 nitrogen and oxygen atoms in total. The number of alkyl halides is 7. The van der Waals surface area contributed by atoms with Gasteiger partial charge in [-0.05, 0) is 0 Å². The van der Waals surface area contributed by atoms with Gasteiger partial charge in [0, 0.05) is 0 Å². The van der Waals surface area contributed by atoms with Gasteiger partial charge in [0.25, 0.3) is 0 Å². The zero-order chi connectivity index (χ0) is 11.1. The SMILES string of the molecule is F[C](Cl)C(F)(F)C(F)(F)C(F)(F)F. The maximum Gasteiger partial charge on any atom is 0.460 e. The van der Waals surface area contributed by atoms with E-state index in [0.717, 1.165) is 0 Å². The summed E-state index contributed by atoms with van der Waals surface area (Å²) >= 11 is 3.78. The summed E-state index contributed by atoms with van der Waals surface area (Å²) in [6.07, 6.45) is -6.57. The molecule has 0 aromatic carbocycles. The Labute approximate surface area is 71.5 Å². The molecule has 13 heavy (non-hydrogen) atoms. The molecule has 9 heteroatoms. The third kappa shape index (κ3) is 1.97. The zero-order valence-corrected chi connectivity index (χ0v) is 6.16. The summed E-state index contributed by atoms with van der Waals surface area (Å²) in [6, 6.07) is 0. The van der Waals surface area contributed by atoms with Gasteiger partial charge in [-0.15, -0.1) is 0 Å². The monoisotopic (exact) mass is 235 g/mol. The second-order valence-corrected chi connectivity index (χ2v) is 2.24. The molecule has 0 spiro atoms. The summed E-state index contributed by atoms with van der Waals surface area (Å²) in [4.78, 5) is 0. The van der Waals surface area contributed by atoms with Crippen LogP contribution in [0, 0.1) is 5.63 Å². The molecule has 0 atom stereocenters. The van der Waals surface area contributed by atoms with Crippen molar-refractivity contribution in [2.75, 3.05) is 0 Å². The Bertz CT molecular complexity index is 181. The summed E-state index contributed by atoms with van der Waals surface area (Å²) in [5.74, 6) is -12.6. The first kappa shape index (κ1) is 12.7. The topological polar surface area (TPSA) is 0 Å². The van der Waals surface area contributed by atoms with Crippen molar-refractivity contribution in [2.45, 2.75) is 18.0 Å². The van der Waals surface area contributed by atoms with Gasteiger partial charge >= 0.3 is 23.7 Å². The minimum Gasteiger partial charge on any atom is -0.214 e. The maximum atomic E-state index is 11.8. The van der Waals surface area contributed by atoms with Gasteiger partial charge in [-0.1, -0.05) is 11.6 Å². The molecule has 0 saturated carbocycles. The first-order valence-corrected chi connectivity index (χ1v) is 2.83. The summed E-state index contributed by atoms with van der Waals surface area (Å²) in [5.41, 5.74) is -3.31. The number of hydrogen-bond donors (Lipinski definition) is 0. The van der Waals surface area contributed by atoms with Crippen LogP contribution in [0.4, 0.5) is 35.1 Å². The summed E-state index contributed by atoms with van der Waals surface area (Å²) in [7, 11) is 0. The van der Waals surface area contributed by atoms with E-state index in [4.69, 9.17) is 0 Å². The molecular weight excluding hydrogens is 235 g/mol. The van der Waals surface area contributed by atoms with Gasteiger partial charge in [0.15, 0.2) is 0 Å². The van der Waals surface area contributed by atoms with Crippen LogP contribution in [0.25, 0.3) is 0 Å². The highest BCUT2D eigenvalue weighted by atomic mass is 35.5. The first-order valence-electron chi connectivity index (χ1n) is 2.45. The van der Waals surface area contributed by atoms with Crippen LogP contribution in [-0.2, 0) is 0 Å². The number of halogens is 9. The molecule has 0 N–H and O–H groups in total. The number of rotatable bonds is 2. The second-order valence-electron chi connectivity index (χ2n) is 1.91. The molecule has 0 aliphatic heterocycles. The van der Waals surface area contributed by atoms with Crippen LogP contribution in [0.1, 0.15) is 0 Å². The highest BCUT2D eigenvalue weighted by Crippen LogP contribution is 2.51. The van der Waals surface area contributed by atoms with Crippen molar-refractivity contribution in [1.82, 2.24) is 0 Å². The molecule has 0 saturated heterocycles. The standard InChI is InChI=1S/C4ClF8/c5-1(6)2(7,8)3(9,10)4(11,12)13. The van der Waals surface area contributed by atoms with Crippen molar-refractivity contribution in [3.05, 3.63) is 5.63 Å².